The zero-order valence-electron chi connectivity index (χ0n) is 17.3. The van der Waals surface area contributed by atoms with Crippen molar-refractivity contribution in [3.05, 3.63) is 59.2 Å². The molecule has 0 saturated heterocycles. The molecule has 0 saturated carbocycles. The van der Waals surface area contributed by atoms with Crippen molar-refractivity contribution < 1.29 is 0 Å². The van der Waals surface area contributed by atoms with Crippen LogP contribution in [0.3, 0.4) is 0 Å². The second kappa shape index (κ2) is 9.41. The molecule has 1 aliphatic heterocycles. The fourth-order valence-electron chi connectivity index (χ4n) is 4.66. The van der Waals surface area contributed by atoms with Gasteiger partial charge in [-0.1, -0.05) is 81.5 Å². The maximum Gasteiger partial charge on any atom is 0.0967 e. The van der Waals surface area contributed by atoms with Crippen molar-refractivity contribution in [2.45, 2.75) is 77.2 Å². The first-order valence-corrected chi connectivity index (χ1v) is 11.4. The third-order valence-electron chi connectivity index (χ3n) is 6.28. The number of fused-ring (bicyclic) bond motifs is 3. The highest BCUT2D eigenvalue weighted by Gasteiger charge is 2.20. The molecule has 1 unspecified atom stereocenters. The number of nitrogens with zero attached hydrogens (tertiary/aromatic N) is 1. The number of rotatable bonds is 5. The van der Waals surface area contributed by atoms with Crippen molar-refractivity contribution in [1.82, 2.24) is 5.32 Å². The molecule has 4 rings (SSSR count). The molecule has 0 spiro atoms. The minimum absolute atomic E-state index is 0.383. The second-order valence-electron chi connectivity index (χ2n) is 8.44. The normalized spacial score (nSPS) is 17.5. The predicted octanol–water partition coefficient (Wildman–Crippen LogP) is 6.83. The fraction of sp³-hybridized carbons (Fsp3) is 0.500. The molecule has 0 fully saturated rings. The summed E-state index contributed by atoms with van der Waals surface area (Å²) in [5.74, 6) is 1.24. The summed E-state index contributed by atoms with van der Waals surface area (Å²) in [5.41, 5.74) is 7.23. The van der Waals surface area contributed by atoms with Gasteiger partial charge in [0.25, 0.3) is 0 Å². The van der Waals surface area contributed by atoms with E-state index in [1.807, 2.05) is 0 Å². The van der Waals surface area contributed by atoms with Gasteiger partial charge in [0.1, 0.15) is 0 Å². The number of nitrogens with one attached hydrogen (secondary N) is 1. The van der Waals surface area contributed by atoms with Crippen LogP contribution in [0.4, 0.5) is 0 Å². The first-order valence-electron chi connectivity index (χ1n) is 11.4. The Morgan fingerprint density at radius 3 is 2.68 bits per heavy atom. The van der Waals surface area contributed by atoms with E-state index in [4.69, 9.17) is 4.99 Å². The molecule has 1 aliphatic carbocycles. The highest BCUT2D eigenvalue weighted by molar-refractivity contribution is 5.83. The van der Waals surface area contributed by atoms with Gasteiger partial charge in [0.2, 0.25) is 0 Å². The van der Waals surface area contributed by atoms with Crippen LogP contribution in [0.2, 0.25) is 0 Å². The van der Waals surface area contributed by atoms with Gasteiger partial charge in [0.15, 0.2) is 0 Å². The molecule has 28 heavy (non-hydrogen) atoms. The minimum Gasteiger partial charge on any atom is -0.367 e. The van der Waals surface area contributed by atoms with Crippen LogP contribution in [0, 0.1) is 0 Å². The monoisotopic (exact) mass is 374 g/mol. The lowest BCUT2D eigenvalue weighted by Crippen LogP contribution is -2.29. The summed E-state index contributed by atoms with van der Waals surface area (Å²) < 4.78 is 0. The Bertz CT molecular complexity index is 821. The van der Waals surface area contributed by atoms with Crippen LogP contribution in [0.1, 0.15) is 87.4 Å². The van der Waals surface area contributed by atoms with E-state index in [0.29, 0.717) is 6.04 Å². The zero-order chi connectivity index (χ0) is 19.2. The van der Waals surface area contributed by atoms with Crippen LogP contribution in [0.5, 0.6) is 0 Å². The van der Waals surface area contributed by atoms with Crippen molar-refractivity contribution in [1.29, 1.82) is 0 Å². The van der Waals surface area contributed by atoms with E-state index in [0.717, 1.165) is 19.4 Å². The standard InChI is InChI=1S/C26H34N2/c1-2-3-13-25(28-26-14-7-5-4-6-10-17-27-26)21-15-16-24-22(19-21)18-20-11-8-9-12-23(20)24/h8-9,11-12,15-16,19,25H,2-7,10,13-14,17-18H2,1H3,(H,27,28). The largest absolute Gasteiger partial charge is 0.367 e. The number of hydrogen-bond donors (Lipinski definition) is 1. The average Bonchev–Trinajstić information content (AvgIpc) is 3.15. The molecule has 0 radical (unpaired) electrons. The van der Waals surface area contributed by atoms with Crippen LogP contribution >= 0.6 is 0 Å². The van der Waals surface area contributed by atoms with Gasteiger partial charge in [-0.15, -0.1) is 0 Å². The molecule has 2 nitrogen and oxygen atoms in total. The first kappa shape index (κ1) is 19.2. The Hall–Kier alpha value is -2.09. The molecule has 1 atom stereocenters. The Morgan fingerprint density at radius 2 is 1.75 bits per heavy atom. The SMILES string of the molecule is CCCCC(NC1=NCCCCCCC1)c1ccc2c(c1)Cc1ccccc1-2. The fourth-order valence-corrected chi connectivity index (χ4v) is 4.66. The number of amidine groups is 1. The summed E-state index contributed by atoms with van der Waals surface area (Å²) in [6.07, 6.45) is 12.4. The molecule has 2 aliphatic rings. The quantitative estimate of drug-likeness (QED) is 0.520. The van der Waals surface area contributed by atoms with Crippen LogP contribution in [-0.2, 0) is 6.42 Å². The predicted molar refractivity (Wildman–Crippen MR) is 120 cm³/mol. The molecule has 0 aromatic heterocycles. The van der Waals surface area contributed by atoms with Crippen molar-refractivity contribution in [2.24, 2.45) is 4.99 Å². The molecule has 0 bridgehead atoms. The Kier molecular flexibility index (Phi) is 6.46. The Labute approximate surface area is 170 Å². The van der Waals surface area contributed by atoms with Crippen LogP contribution < -0.4 is 5.32 Å². The van der Waals surface area contributed by atoms with Gasteiger partial charge in [-0.05, 0) is 53.5 Å². The molecular weight excluding hydrogens is 340 g/mol. The topological polar surface area (TPSA) is 24.4 Å². The summed E-state index contributed by atoms with van der Waals surface area (Å²) >= 11 is 0. The Balaban J connectivity index is 1.55. The van der Waals surface area contributed by atoms with Crippen LogP contribution in [-0.4, -0.2) is 12.4 Å². The summed E-state index contributed by atoms with van der Waals surface area (Å²) in [6, 6.07) is 16.4. The maximum atomic E-state index is 4.93. The highest BCUT2D eigenvalue weighted by atomic mass is 15.0. The molecule has 2 aromatic rings. The van der Waals surface area contributed by atoms with Crippen LogP contribution in [0.15, 0.2) is 47.5 Å². The average molecular weight is 375 g/mol. The van der Waals surface area contributed by atoms with E-state index >= 15 is 0 Å². The number of hydrogen-bond acceptors (Lipinski definition) is 2. The van der Waals surface area contributed by atoms with Gasteiger partial charge in [0, 0.05) is 13.0 Å². The van der Waals surface area contributed by atoms with Crippen molar-refractivity contribution in [3.63, 3.8) is 0 Å². The molecule has 0 amide bonds. The van der Waals surface area contributed by atoms with Gasteiger partial charge in [-0.2, -0.15) is 0 Å². The van der Waals surface area contributed by atoms with Crippen molar-refractivity contribution in [3.8, 4) is 11.1 Å². The van der Waals surface area contributed by atoms with Crippen molar-refractivity contribution in [2.75, 3.05) is 6.54 Å². The summed E-state index contributed by atoms with van der Waals surface area (Å²) in [6.45, 7) is 3.27. The number of benzene rings is 2. The molecular formula is C26H34N2. The lowest BCUT2D eigenvalue weighted by atomic mass is 9.96. The minimum atomic E-state index is 0.383. The highest BCUT2D eigenvalue weighted by Crippen LogP contribution is 2.38. The molecule has 1 N–H and O–H groups in total. The first-order chi connectivity index (χ1) is 13.8. The van der Waals surface area contributed by atoms with E-state index in [9.17, 15) is 0 Å². The van der Waals surface area contributed by atoms with Gasteiger partial charge < -0.3 is 5.32 Å². The summed E-state index contributed by atoms with van der Waals surface area (Å²) in [7, 11) is 0. The third-order valence-corrected chi connectivity index (χ3v) is 6.28. The Morgan fingerprint density at radius 1 is 0.929 bits per heavy atom. The molecule has 1 heterocycles. The van der Waals surface area contributed by atoms with E-state index in [1.165, 1.54) is 85.0 Å². The van der Waals surface area contributed by atoms with Crippen molar-refractivity contribution >= 4 is 5.84 Å². The van der Waals surface area contributed by atoms with Gasteiger partial charge in [-0.25, -0.2) is 0 Å². The number of aliphatic imine (C=N–C) groups is 1. The summed E-state index contributed by atoms with van der Waals surface area (Å²) in [4.78, 5) is 4.93. The number of unbranched alkanes of at least 4 members (excludes halogenated alkanes) is 1. The third kappa shape index (κ3) is 4.48. The van der Waals surface area contributed by atoms with E-state index < -0.39 is 0 Å². The van der Waals surface area contributed by atoms with Crippen LogP contribution in [0.25, 0.3) is 11.1 Å². The van der Waals surface area contributed by atoms with Gasteiger partial charge >= 0.3 is 0 Å². The lowest BCUT2D eigenvalue weighted by Gasteiger charge is -2.22. The second-order valence-corrected chi connectivity index (χ2v) is 8.44. The lowest BCUT2D eigenvalue weighted by molar-refractivity contribution is 0.549. The zero-order valence-corrected chi connectivity index (χ0v) is 17.3. The molecule has 2 aromatic carbocycles. The maximum absolute atomic E-state index is 4.93. The van der Waals surface area contributed by atoms with Gasteiger partial charge in [0.05, 0.1) is 11.9 Å². The summed E-state index contributed by atoms with van der Waals surface area (Å²) in [5, 5.41) is 3.86. The van der Waals surface area contributed by atoms with E-state index in [1.54, 1.807) is 0 Å². The molecule has 2 heteroatoms. The van der Waals surface area contributed by atoms with E-state index in [-0.39, 0.29) is 0 Å². The molecule has 148 valence electrons. The van der Waals surface area contributed by atoms with Gasteiger partial charge in [-0.3, -0.25) is 4.99 Å². The van der Waals surface area contributed by atoms with E-state index in [2.05, 4.69) is 54.7 Å². The smallest absolute Gasteiger partial charge is 0.0967 e.